The van der Waals surface area contributed by atoms with Crippen molar-refractivity contribution in [3.63, 3.8) is 0 Å². The van der Waals surface area contributed by atoms with Crippen LogP contribution in [0.1, 0.15) is 48.8 Å². The predicted octanol–water partition coefficient (Wildman–Crippen LogP) is 4.13. The van der Waals surface area contributed by atoms with Gasteiger partial charge in [-0.15, -0.1) is 0 Å². The molecule has 6 rings (SSSR count). The van der Waals surface area contributed by atoms with E-state index < -0.39 is 5.92 Å². The highest BCUT2D eigenvalue weighted by molar-refractivity contribution is 6.31. The molecule has 1 atom stereocenters. The molecule has 1 unspecified atom stereocenters. The number of piperidine rings is 2. The molecule has 4 amide bonds. The van der Waals surface area contributed by atoms with Gasteiger partial charge >= 0.3 is 6.03 Å². The van der Waals surface area contributed by atoms with E-state index in [1.165, 1.54) is 0 Å². The minimum Gasteiger partial charge on any atom is -0.343 e. The van der Waals surface area contributed by atoms with Crippen molar-refractivity contribution in [2.75, 3.05) is 57.7 Å². The van der Waals surface area contributed by atoms with Crippen LogP contribution in [0.2, 0.25) is 5.02 Å². The lowest BCUT2D eigenvalue weighted by atomic mass is 9.91. The average Bonchev–Trinajstić information content (AvgIpc) is 3.06. The van der Waals surface area contributed by atoms with Crippen LogP contribution in [0.5, 0.6) is 0 Å². The highest BCUT2D eigenvalue weighted by Crippen LogP contribution is 2.29. The topological polar surface area (TPSA) is 88.2 Å². The molecule has 2 N–H and O–H groups in total. The van der Waals surface area contributed by atoms with Gasteiger partial charge in [-0.25, -0.2) is 4.79 Å². The molecule has 4 heterocycles. The standard InChI is InChI=1S/C34H45ClN6O3/c1-24-20-25(6-7-30(24)35)21-27(33(43)40-16-8-28(9-17-40)38-18-12-36-13-19-38)22-32(42)39-14-10-29(11-15-39)41-23-26-4-2-3-5-31(26)37-34(41)44/h2-7,20,27-29,36H,8-19,21-23H2,1H3,(H,37,44). The molecule has 2 aromatic carbocycles. The fourth-order valence-corrected chi connectivity index (χ4v) is 7.52. The second kappa shape index (κ2) is 13.9. The average molecular weight is 621 g/mol. The molecule has 0 bridgehead atoms. The van der Waals surface area contributed by atoms with Crippen LogP contribution in [0.25, 0.3) is 0 Å². The Morgan fingerprint density at radius 1 is 0.909 bits per heavy atom. The molecule has 0 spiro atoms. The van der Waals surface area contributed by atoms with Crippen LogP contribution in [-0.4, -0.2) is 102 Å². The van der Waals surface area contributed by atoms with E-state index in [9.17, 15) is 14.4 Å². The van der Waals surface area contributed by atoms with E-state index in [2.05, 4.69) is 15.5 Å². The number of hydrogen-bond acceptors (Lipinski definition) is 5. The highest BCUT2D eigenvalue weighted by Gasteiger charge is 2.36. The van der Waals surface area contributed by atoms with Gasteiger partial charge in [-0.05, 0) is 67.9 Å². The Labute approximate surface area is 265 Å². The molecule has 10 heteroatoms. The van der Waals surface area contributed by atoms with Gasteiger partial charge in [0.1, 0.15) is 0 Å². The number of hydrogen-bond donors (Lipinski definition) is 2. The maximum atomic E-state index is 14.0. The molecule has 3 saturated heterocycles. The SMILES string of the molecule is Cc1cc(CC(CC(=O)N2CCC(N3Cc4ccccc4NC3=O)CC2)C(=O)N2CCC(N3CCNCC3)CC2)ccc1Cl. The summed E-state index contributed by atoms with van der Waals surface area (Å²) in [4.78, 5) is 48.9. The number of carbonyl (C=O) groups excluding carboxylic acids is 3. The minimum absolute atomic E-state index is 0.0247. The number of para-hydroxylation sites is 1. The number of rotatable bonds is 7. The van der Waals surface area contributed by atoms with Gasteiger partial charge in [0.2, 0.25) is 11.8 Å². The number of halogens is 1. The third-order valence-corrected chi connectivity index (χ3v) is 10.5. The summed E-state index contributed by atoms with van der Waals surface area (Å²) in [6, 6.07) is 14.3. The van der Waals surface area contributed by atoms with Crippen LogP contribution in [0.3, 0.4) is 0 Å². The number of carbonyl (C=O) groups is 3. The number of anilines is 1. The van der Waals surface area contributed by atoms with E-state index in [0.29, 0.717) is 37.1 Å². The monoisotopic (exact) mass is 620 g/mol. The number of urea groups is 1. The third kappa shape index (κ3) is 7.05. The summed E-state index contributed by atoms with van der Waals surface area (Å²) in [5, 5.41) is 7.14. The Hall–Kier alpha value is -3.14. The molecule has 0 radical (unpaired) electrons. The number of nitrogens with zero attached hydrogens (tertiary/aromatic N) is 4. The number of likely N-dealkylation sites (tertiary alicyclic amines) is 2. The van der Waals surface area contributed by atoms with Crippen molar-refractivity contribution in [1.29, 1.82) is 0 Å². The smallest absolute Gasteiger partial charge is 0.322 e. The predicted molar refractivity (Wildman–Crippen MR) is 173 cm³/mol. The summed E-state index contributed by atoms with van der Waals surface area (Å²) < 4.78 is 0. The molecule has 4 aliphatic heterocycles. The van der Waals surface area contributed by atoms with Gasteiger partial charge in [0.05, 0.1) is 5.92 Å². The van der Waals surface area contributed by atoms with Gasteiger partial charge in [-0.3, -0.25) is 14.5 Å². The van der Waals surface area contributed by atoms with Gasteiger partial charge in [-0.2, -0.15) is 0 Å². The zero-order chi connectivity index (χ0) is 30.6. The quantitative estimate of drug-likeness (QED) is 0.486. The maximum Gasteiger partial charge on any atom is 0.322 e. The first-order valence-electron chi connectivity index (χ1n) is 16.3. The van der Waals surface area contributed by atoms with Gasteiger partial charge in [0.25, 0.3) is 0 Å². The normalized spacial score (nSPS) is 21.1. The Bertz CT molecular complexity index is 1350. The zero-order valence-electron chi connectivity index (χ0n) is 25.8. The number of fused-ring (bicyclic) bond motifs is 1. The Balaban J connectivity index is 1.08. The molecule has 0 aliphatic carbocycles. The highest BCUT2D eigenvalue weighted by atomic mass is 35.5. The van der Waals surface area contributed by atoms with Gasteiger partial charge in [0.15, 0.2) is 0 Å². The lowest BCUT2D eigenvalue weighted by Crippen LogP contribution is -2.53. The van der Waals surface area contributed by atoms with Crippen molar-refractivity contribution < 1.29 is 14.4 Å². The van der Waals surface area contributed by atoms with Gasteiger partial charge < -0.3 is 25.3 Å². The zero-order valence-corrected chi connectivity index (χ0v) is 26.5. The van der Waals surface area contributed by atoms with E-state index in [-0.39, 0.29) is 30.3 Å². The van der Waals surface area contributed by atoms with Crippen LogP contribution in [0.15, 0.2) is 42.5 Å². The summed E-state index contributed by atoms with van der Waals surface area (Å²) >= 11 is 6.29. The summed E-state index contributed by atoms with van der Waals surface area (Å²) in [7, 11) is 0. The number of piperazine rings is 1. The fraction of sp³-hybridized carbons (Fsp3) is 0.559. The molecule has 3 fully saturated rings. The summed E-state index contributed by atoms with van der Waals surface area (Å²) in [6.07, 6.45) is 4.14. The number of amides is 4. The van der Waals surface area contributed by atoms with E-state index in [0.717, 1.165) is 87.3 Å². The number of benzene rings is 2. The molecular formula is C34H45ClN6O3. The van der Waals surface area contributed by atoms with Crippen LogP contribution in [0, 0.1) is 12.8 Å². The van der Waals surface area contributed by atoms with Gasteiger partial charge in [-0.1, -0.05) is 41.9 Å². The van der Waals surface area contributed by atoms with Crippen molar-refractivity contribution in [2.24, 2.45) is 5.92 Å². The lowest BCUT2D eigenvalue weighted by molar-refractivity contribution is -0.143. The van der Waals surface area contributed by atoms with E-state index >= 15 is 0 Å². The molecule has 2 aromatic rings. The third-order valence-electron chi connectivity index (χ3n) is 10.0. The fourth-order valence-electron chi connectivity index (χ4n) is 7.41. The van der Waals surface area contributed by atoms with Crippen molar-refractivity contribution in [2.45, 2.75) is 64.1 Å². The minimum atomic E-state index is -0.416. The van der Waals surface area contributed by atoms with Crippen LogP contribution in [0.4, 0.5) is 10.5 Å². The molecule has 44 heavy (non-hydrogen) atoms. The Kier molecular flexibility index (Phi) is 9.74. The lowest BCUT2D eigenvalue weighted by Gasteiger charge is -2.42. The summed E-state index contributed by atoms with van der Waals surface area (Å²) in [5.74, 6) is -0.305. The molecule has 4 aliphatic rings. The molecule has 0 saturated carbocycles. The molecular weight excluding hydrogens is 576 g/mol. The largest absolute Gasteiger partial charge is 0.343 e. The van der Waals surface area contributed by atoms with Crippen LogP contribution >= 0.6 is 11.6 Å². The van der Waals surface area contributed by atoms with Crippen LogP contribution in [-0.2, 0) is 22.6 Å². The van der Waals surface area contributed by atoms with E-state index in [4.69, 9.17) is 11.6 Å². The van der Waals surface area contributed by atoms with Crippen molar-refractivity contribution in [1.82, 2.24) is 24.9 Å². The van der Waals surface area contributed by atoms with Crippen molar-refractivity contribution in [3.05, 3.63) is 64.2 Å². The first kappa shape index (κ1) is 30.9. The Morgan fingerprint density at radius 2 is 1.59 bits per heavy atom. The first-order valence-corrected chi connectivity index (χ1v) is 16.7. The van der Waals surface area contributed by atoms with Crippen molar-refractivity contribution >= 4 is 35.1 Å². The van der Waals surface area contributed by atoms with E-state index in [1.54, 1.807) is 0 Å². The number of nitrogens with one attached hydrogen (secondary N) is 2. The van der Waals surface area contributed by atoms with Crippen LogP contribution < -0.4 is 10.6 Å². The summed E-state index contributed by atoms with van der Waals surface area (Å²) in [5.41, 5.74) is 4.00. The van der Waals surface area contributed by atoms with E-state index in [1.807, 2.05) is 64.1 Å². The number of aryl methyl sites for hydroxylation is 1. The maximum absolute atomic E-state index is 14.0. The second-order valence-corrected chi connectivity index (χ2v) is 13.3. The first-order chi connectivity index (χ1) is 21.4. The molecule has 9 nitrogen and oxygen atoms in total. The molecule has 236 valence electrons. The summed E-state index contributed by atoms with van der Waals surface area (Å²) in [6.45, 7) is 9.41. The Morgan fingerprint density at radius 3 is 2.32 bits per heavy atom. The second-order valence-electron chi connectivity index (χ2n) is 12.9. The van der Waals surface area contributed by atoms with Gasteiger partial charge in [0, 0.05) is 88.1 Å². The van der Waals surface area contributed by atoms with Crippen molar-refractivity contribution in [3.8, 4) is 0 Å². The molecule has 0 aromatic heterocycles.